The summed E-state index contributed by atoms with van der Waals surface area (Å²) in [5, 5.41) is 105. The fourth-order valence-corrected chi connectivity index (χ4v) is 15.7. The van der Waals surface area contributed by atoms with Crippen LogP contribution in [0, 0.1) is 21.7 Å². The van der Waals surface area contributed by atoms with Gasteiger partial charge in [0.2, 0.25) is 22.2 Å². The molecule has 3 aromatic heterocycles. The minimum atomic E-state index is -1.65. The maximum Gasteiger partial charge on any atom is 0.271 e. The van der Waals surface area contributed by atoms with Crippen molar-refractivity contribution in [3.8, 4) is 17.2 Å². The van der Waals surface area contributed by atoms with Crippen LogP contribution in [0.1, 0.15) is 138 Å². The van der Waals surface area contributed by atoms with Crippen molar-refractivity contribution in [2.75, 3.05) is 39.5 Å². The molecular formula is C73H90N8O19. The van der Waals surface area contributed by atoms with Crippen molar-refractivity contribution in [1.82, 2.24) is 24.3 Å². The number of nitrogens with one attached hydrogen (secondary N) is 2. The van der Waals surface area contributed by atoms with E-state index in [0.717, 1.165) is 6.07 Å². The van der Waals surface area contributed by atoms with Gasteiger partial charge in [-0.1, -0.05) is 103 Å². The number of hydrogen-bond donors (Lipinski definition) is 11. The van der Waals surface area contributed by atoms with Crippen molar-refractivity contribution < 1.29 is 79.3 Å². The number of rotatable bonds is 40. The smallest absolute Gasteiger partial charge is 0.271 e. The Morgan fingerprint density at radius 3 is 1.19 bits per heavy atom. The number of hydrogen-bond acceptors (Lipinski definition) is 20. The number of Topliss-reactive ketones (excluding diaryl/α,β-unsaturated/α-hetero) is 2. The van der Waals surface area contributed by atoms with Crippen molar-refractivity contribution in [3.63, 3.8) is 0 Å². The molecule has 4 aliphatic rings. The highest BCUT2D eigenvalue weighted by Gasteiger charge is 2.67. The summed E-state index contributed by atoms with van der Waals surface area (Å²) < 4.78 is 22.4. The second-order valence-electron chi connectivity index (χ2n) is 27.4. The number of aliphatic hydroxyl groups is 9. The number of nitrogens with zero attached hydrogens (tertiary/aromatic N) is 6. The van der Waals surface area contributed by atoms with Gasteiger partial charge in [0.15, 0.2) is 34.5 Å². The lowest BCUT2D eigenvalue weighted by Crippen LogP contribution is -2.65. The van der Waals surface area contributed by atoms with E-state index in [-0.39, 0.29) is 112 Å². The summed E-state index contributed by atoms with van der Waals surface area (Å²) in [6.07, 6.45) is -2.34. The van der Waals surface area contributed by atoms with Crippen LogP contribution >= 0.6 is 0 Å². The van der Waals surface area contributed by atoms with Crippen molar-refractivity contribution in [2.24, 2.45) is 26.8 Å². The molecule has 0 spiro atoms. The van der Waals surface area contributed by atoms with Gasteiger partial charge in [0.25, 0.3) is 5.91 Å². The molecule has 0 aliphatic heterocycles. The number of aromatic nitrogens is 3. The van der Waals surface area contributed by atoms with Gasteiger partial charge in [0.1, 0.15) is 49.5 Å². The first kappa shape index (κ1) is 75.3. The van der Waals surface area contributed by atoms with Crippen molar-refractivity contribution in [2.45, 2.75) is 166 Å². The fraction of sp³-hybridized carbons (Fsp3) is 0.493. The Hall–Kier alpha value is -8.86. The second-order valence-corrected chi connectivity index (χ2v) is 27.4. The van der Waals surface area contributed by atoms with Crippen molar-refractivity contribution in [1.29, 1.82) is 0 Å². The normalized spacial score (nSPS) is 20.8. The Kier molecular flexibility index (Phi) is 26.0. The SMILES string of the molecule is [N-]=[N+]=NCCCCCC(=O)NC[C@]12C[C@]3(CCC(=O)c4c(OCc5ccccc5)c(=O)ccn4CC(O)C(O)CO)C[C@](CCC(=O)c4c(OCc5ccccc5)c(=O)ccn4CC(O)C(O)CO)(C1)C[C@@](CNC(=O)c1c(OCc4ccccc4)c(=O)ccn1CC(O)C(O)CO)(C3)C2. The predicted molar refractivity (Wildman–Crippen MR) is 364 cm³/mol. The number of carbonyl (C=O) groups is 4. The van der Waals surface area contributed by atoms with Gasteiger partial charge >= 0.3 is 0 Å². The molecule has 4 fully saturated rings. The van der Waals surface area contributed by atoms with E-state index in [1.807, 2.05) is 0 Å². The standard InChI is InChI=1S/C73H90N8O19/c74-78-77-27-12-4-11-19-62(96)75-46-72-41-70(25-20-51(85)63-66(98-37-48-13-5-1-6-14-48)53(87)22-28-79(63)31-56(90)59(93)34-82)40-71(42-72,26-21-52(86)64-67(99-38-49-15-7-2-8-16-49)54(88)23-29-80(64)32-57(91)60(94)35-83)44-73(43-70,45-72)47-76-69(97)65-68(100-39-50-17-9-3-10-18-50)55(89)24-30-81(65)33-58(92)61(95)36-84/h1-3,5-10,13-18,22-24,28-30,56-61,82-84,90-95H,4,11-12,19-21,25-27,31-47H2,(H,75,96)(H,76,97)/t56?,57?,58?,59?,60?,61?,70-,71+,72+,73-. The Balaban J connectivity index is 1.15. The quantitative estimate of drug-likeness (QED) is 0.00833. The monoisotopic (exact) mass is 1380 g/mol. The largest absolute Gasteiger partial charge is 0.483 e. The van der Waals surface area contributed by atoms with Gasteiger partial charge in [-0.2, -0.15) is 0 Å². The molecule has 10 atom stereocenters. The van der Waals surface area contributed by atoms with Gasteiger partial charge < -0.3 is 84.5 Å². The maximum atomic E-state index is 15.5. The van der Waals surface area contributed by atoms with E-state index in [4.69, 9.17) is 19.7 Å². The molecule has 3 heterocycles. The zero-order valence-electron chi connectivity index (χ0n) is 55.8. The molecule has 0 radical (unpaired) electrons. The predicted octanol–water partition coefficient (Wildman–Crippen LogP) is 4.42. The second kappa shape index (κ2) is 34.5. The number of amides is 2. The lowest BCUT2D eigenvalue weighted by Gasteiger charge is -2.71. The average Bonchev–Trinajstić information content (AvgIpc) is 0.686. The van der Waals surface area contributed by atoms with Gasteiger partial charge in [0, 0.05) is 80.6 Å². The zero-order chi connectivity index (χ0) is 71.6. The van der Waals surface area contributed by atoms with Crippen LogP contribution in [0.25, 0.3) is 10.4 Å². The van der Waals surface area contributed by atoms with E-state index >= 15 is 14.4 Å². The molecular weight excluding hydrogens is 1290 g/mol. The molecule has 27 heteroatoms. The van der Waals surface area contributed by atoms with Crippen LogP contribution < -0.4 is 41.1 Å². The fourth-order valence-electron chi connectivity index (χ4n) is 15.7. The number of carbonyl (C=O) groups excluding carboxylic acids is 4. The molecule has 100 heavy (non-hydrogen) atoms. The van der Waals surface area contributed by atoms with E-state index in [1.165, 1.54) is 44.4 Å². The minimum Gasteiger partial charge on any atom is -0.483 e. The Bertz CT molecular complexity index is 3630. The molecule has 3 aromatic carbocycles. The molecule has 4 saturated carbocycles. The number of aliphatic hydroxyl groups excluding tert-OH is 9. The Morgan fingerprint density at radius 2 is 0.810 bits per heavy atom. The molecule has 536 valence electrons. The minimum absolute atomic E-state index is 0.0912. The lowest BCUT2D eigenvalue weighted by molar-refractivity contribution is -0.202. The summed E-state index contributed by atoms with van der Waals surface area (Å²) in [6.45, 7) is -4.05. The van der Waals surface area contributed by atoms with Gasteiger partial charge in [0.05, 0.1) is 57.8 Å². The molecule has 4 aliphatic carbocycles. The third-order valence-corrected chi connectivity index (χ3v) is 19.6. The Morgan fingerprint density at radius 1 is 0.460 bits per heavy atom. The molecule has 0 saturated heterocycles. The molecule has 10 rings (SSSR count). The summed E-state index contributed by atoms with van der Waals surface area (Å²) in [4.78, 5) is 105. The maximum absolute atomic E-state index is 15.5. The molecule has 4 bridgehead atoms. The van der Waals surface area contributed by atoms with Crippen LogP contribution in [0.3, 0.4) is 0 Å². The summed E-state index contributed by atoms with van der Waals surface area (Å²) in [7, 11) is 0. The molecule has 6 aromatic rings. The molecule has 27 nitrogen and oxygen atoms in total. The molecule has 2 amide bonds. The topological polar surface area (TPSA) is 417 Å². The zero-order valence-corrected chi connectivity index (χ0v) is 55.8. The van der Waals surface area contributed by atoms with E-state index in [0.29, 0.717) is 74.5 Å². The highest BCUT2D eigenvalue weighted by atomic mass is 16.5. The van der Waals surface area contributed by atoms with Crippen molar-refractivity contribution in [3.05, 3.63) is 203 Å². The third-order valence-electron chi connectivity index (χ3n) is 19.6. The van der Waals surface area contributed by atoms with Crippen LogP contribution in [0.15, 0.2) is 147 Å². The highest BCUT2D eigenvalue weighted by Crippen LogP contribution is 2.75. The summed E-state index contributed by atoms with van der Waals surface area (Å²) in [6, 6.07) is 30.1. The van der Waals surface area contributed by atoms with Gasteiger partial charge in [-0.3, -0.25) is 33.6 Å². The van der Waals surface area contributed by atoms with Gasteiger partial charge in [-0.25, -0.2) is 0 Å². The first-order valence-electron chi connectivity index (χ1n) is 33.8. The third kappa shape index (κ3) is 19.0. The number of benzene rings is 3. The average molecular weight is 1380 g/mol. The van der Waals surface area contributed by atoms with E-state index in [9.17, 15) is 65.1 Å². The van der Waals surface area contributed by atoms with Crippen molar-refractivity contribution >= 4 is 23.4 Å². The molecule has 11 N–H and O–H groups in total. The summed E-state index contributed by atoms with van der Waals surface area (Å²) in [5.41, 5.74) is 4.47. The van der Waals surface area contributed by atoms with E-state index < -0.39 is 131 Å². The van der Waals surface area contributed by atoms with Crippen LogP contribution in [-0.2, 0) is 44.2 Å². The van der Waals surface area contributed by atoms with Gasteiger partial charge in [-0.05, 0) is 108 Å². The summed E-state index contributed by atoms with van der Waals surface area (Å²) in [5.74, 6) is -3.30. The van der Waals surface area contributed by atoms with Crippen LogP contribution in [-0.4, -0.2) is 159 Å². The first-order valence-corrected chi connectivity index (χ1v) is 33.8. The van der Waals surface area contributed by atoms with Crippen LogP contribution in [0.5, 0.6) is 17.2 Å². The number of pyridine rings is 3. The van der Waals surface area contributed by atoms with Gasteiger partial charge in [-0.15, -0.1) is 0 Å². The Labute approximate surface area is 576 Å². The first-order chi connectivity index (χ1) is 48.1. The number of azide groups is 1. The van der Waals surface area contributed by atoms with E-state index in [2.05, 4.69) is 20.7 Å². The molecule has 6 unspecified atom stereocenters. The number of unbranched alkanes of at least 4 members (excludes halogenated alkanes) is 2. The number of ether oxygens (including phenoxy) is 3. The number of ketones is 2. The van der Waals surface area contributed by atoms with E-state index in [1.54, 1.807) is 91.0 Å². The highest BCUT2D eigenvalue weighted by molar-refractivity contribution is 5.98. The van der Waals surface area contributed by atoms with Crippen LogP contribution in [0.4, 0.5) is 0 Å². The summed E-state index contributed by atoms with van der Waals surface area (Å²) >= 11 is 0. The lowest BCUT2D eigenvalue weighted by atomic mass is 9.34. The van der Waals surface area contributed by atoms with Crippen LogP contribution in [0.2, 0.25) is 0 Å².